The summed E-state index contributed by atoms with van der Waals surface area (Å²) in [7, 11) is -1.51. The summed E-state index contributed by atoms with van der Waals surface area (Å²) >= 11 is 3.23. The van der Waals surface area contributed by atoms with Crippen LogP contribution in [0.4, 0.5) is 0 Å². The van der Waals surface area contributed by atoms with Crippen LogP contribution in [-0.2, 0) is 9.59 Å². The maximum absolute atomic E-state index is 14.0. The lowest BCUT2D eigenvalue weighted by Gasteiger charge is -2.33. The lowest BCUT2D eigenvalue weighted by atomic mass is 10.1. The fourth-order valence-corrected chi connectivity index (χ4v) is 29.4. The number of hydrogen-bond acceptors (Lipinski definition) is 5. The summed E-state index contributed by atoms with van der Waals surface area (Å²) in [5.74, 6) is 2.11. The first kappa shape index (κ1) is 126. The third-order valence-corrected chi connectivity index (χ3v) is 37.0. The normalized spacial score (nSPS) is 11.7. The molecule has 0 aliphatic carbocycles. The Balaban J connectivity index is -0.000000402. The van der Waals surface area contributed by atoms with Crippen LogP contribution in [0.1, 0.15) is 484 Å². The Hall–Kier alpha value is 1.55. The van der Waals surface area contributed by atoms with Gasteiger partial charge in [-0.15, -0.1) is 24.9 Å². The highest BCUT2D eigenvalue weighted by molar-refractivity contribution is 9.09. The molecule has 114 heavy (non-hydrogen) atoms. The van der Waals surface area contributed by atoms with Crippen LogP contribution in [0.15, 0.2) is 0 Å². The Morgan fingerprint density at radius 2 is 0.465 bits per heavy atom. The van der Waals surface area contributed by atoms with E-state index in [4.69, 9.17) is 11.5 Å². The molecule has 0 saturated carbocycles. The molecule has 2 amide bonds. The van der Waals surface area contributed by atoms with E-state index in [2.05, 4.69) is 148 Å². The van der Waals surface area contributed by atoms with Crippen molar-refractivity contribution in [3.8, 4) is 0 Å². The Bertz CT molecular complexity index is 1640. The van der Waals surface area contributed by atoms with E-state index in [-0.39, 0.29) is 45.8 Å². The van der Waals surface area contributed by atoms with Crippen molar-refractivity contribution in [2.45, 2.75) is 484 Å². The average Bonchev–Trinajstić information content (AvgIpc) is 0.868. The van der Waals surface area contributed by atoms with E-state index >= 15 is 0 Å². The Kier molecular flexibility index (Phi) is 111. The SMILES string of the molecule is Br.CCCCCCCCP(CCCCCCCC)CCCCCCCC.CCCCCCCC[P+](CCCCCCCC)(CCCCCCCC)CCCN(CC(=O)N(CC(C)C)CC(C)C)CC(=O)N(CC(C)C)CC(C)C.CCCCCCCC[P+](CCCN)(CCCCCCCC)CCCCCCCC.NCCCBr.[Br-]. The third kappa shape index (κ3) is 91.3. The molecule has 0 aliphatic heterocycles. The maximum Gasteiger partial charge on any atom is 0.236 e. The van der Waals surface area contributed by atoms with Crippen LogP contribution in [0.2, 0.25) is 0 Å². The van der Waals surface area contributed by atoms with E-state index < -0.39 is 14.5 Å². The molecule has 0 radical (unpaired) electrons. The molecule has 4 N–H and O–H groups in total. The van der Waals surface area contributed by atoms with Gasteiger partial charge in [0.05, 0.1) is 62.4 Å². The van der Waals surface area contributed by atoms with Crippen LogP contribution in [0.5, 0.6) is 0 Å². The number of carbonyl (C=O) groups excluding carboxylic acids is 2. The Morgan fingerprint density at radius 3 is 0.649 bits per heavy atom. The molecule has 0 saturated heterocycles. The maximum atomic E-state index is 14.0. The van der Waals surface area contributed by atoms with Crippen LogP contribution in [0, 0.1) is 23.7 Å². The zero-order chi connectivity index (χ0) is 83.9. The molecule has 0 fully saturated rings. The largest absolute Gasteiger partial charge is 1.00 e. The van der Waals surface area contributed by atoms with Crippen molar-refractivity contribution < 1.29 is 26.6 Å². The van der Waals surface area contributed by atoms with Gasteiger partial charge >= 0.3 is 0 Å². The second-order valence-corrected chi connectivity index (χ2v) is 49.9. The van der Waals surface area contributed by atoms with Gasteiger partial charge in [0, 0.05) is 52.6 Å². The summed E-state index contributed by atoms with van der Waals surface area (Å²) in [6.45, 7) is 45.0. The van der Waals surface area contributed by atoms with Crippen molar-refractivity contribution in [1.29, 1.82) is 0 Å². The molecule has 0 bridgehead atoms. The fraction of sp³-hybridized carbons (Fsp3) is 0.980. The van der Waals surface area contributed by atoms with Crippen LogP contribution < -0.4 is 28.4 Å². The highest BCUT2D eigenvalue weighted by Crippen LogP contribution is 2.62. The van der Waals surface area contributed by atoms with E-state index in [1.165, 1.54) is 384 Å². The molecule has 692 valence electrons. The first-order valence-electron chi connectivity index (χ1n) is 51.0. The molecule has 0 aromatic heterocycles. The highest BCUT2D eigenvalue weighted by atomic mass is 79.9. The smallest absolute Gasteiger partial charge is 0.236 e. The van der Waals surface area contributed by atoms with Gasteiger partial charge in [-0.05, 0) is 171 Å². The predicted octanol–water partition coefficient (Wildman–Crippen LogP) is 30.4. The van der Waals surface area contributed by atoms with Crippen LogP contribution in [-0.4, -0.2) is 159 Å². The lowest BCUT2D eigenvalue weighted by molar-refractivity contribution is -0.137. The number of hydrogen-bond donors (Lipinski definition) is 2. The predicted molar refractivity (Wildman–Crippen MR) is 540 cm³/mol. The van der Waals surface area contributed by atoms with Gasteiger partial charge in [0.25, 0.3) is 0 Å². The van der Waals surface area contributed by atoms with E-state index in [1.54, 1.807) is 37.0 Å². The molecule has 0 rings (SSSR count). The number of nitrogens with zero attached hydrogens (tertiary/aromatic N) is 3. The lowest BCUT2D eigenvalue weighted by Crippen LogP contribution is -3.00. The average molecular weight is 1870 g/mol. The molecule has 0 heterocycles. The molecule has 0 aromatic carbocycles. The topological polar surface area (TPSA) is 95.9 Å². The van der Waals surface area contributed by atoms with Crippen molar-refractivity contribution >= 4 is 67.2 Å². The van der Waals surface area contributed by atoms with Gasteiger partial charge in [-0.1, -0.05) is 384 Å². The van der Waals surface area contributed by atoms with Gasteiger partial charge in [-0.2, -0.15) is 0 Å². The molecule has 7 nitrogen and oxygen atoms in total. The molecule has 0 aromatic rings. The van der Waals surface area contributed by atoms with E-state index in [0.29, 0.717) is 44.7 Å². The number of nitrogens with two attached hydrogens (primary N) is 2. The summed E-state index contributed by atoms with van der Waals surface area (Å²) in [6, 6.07) is 0. The molecule has 0 unspecified atom stereocenters. The molecular formula is C101H216Br3N5O2P3+. The van der Waals surface area contributed by atoms with Crippen LogP contribution in [0.25, 0.3) is 0 Å². The monoisotopic (exact) mass is 1860 g/mol. The van der Waals surface area contributed by atoms with Crippen molar-refractivity contribution in [3.63, 3.8) is 0 Å². The zero-order valence-corrected chi connectivity index (χ0v) is 88.9. The molecule has 0 aliphatic rings. The van der Waals surface area contributed by atoms with Gasteiger partial charge in [0.2, 0.25) is 11.8 Å². The highest BCUT2D eigenvalue weighted by Gasteiger charge is 2.37. The van der Waals surface area contributed by atoms with E-state index in [9.17, 15) is 9.59 Å². The fourth-order valence-electron chi connectivity index (χ4n) is 16.6. The second kappa shape index (κ2) is 100.0. The van der Waals surface area contributed by atoms with E-state index in [0.717, 1.165) is 64.0 Å². The van der Waals surface area contributed by atoms with E-state index in [1.807, 2.05) is 0 Å². The van der Waals surface area contributed by atoms with Crippen molar-refractivity contribution in [2.75, 3.05) is 132 Å². The summed E-state index contributed by atoms with van der Waals surface area (Å²) in [4.78, 5) is 34.4. The molecule has 0 spiro atoms. The summed E-state index contributed by atoms with van der Waals surface area (Å²) < 4.78 is 0. The van der Waals surface area contributed by atoms with Crippen molar-refractivity contribution in [3.05, 3.63) is 0 Å². The number of amides is 2. The van der Waals surface area contributed by atoms with Crippen LogP contribution >= 0.6 is 55.4 Å². The van der Waals surface area contributed by atoms with Gasteiger partial charge in [0.15, 0.2) is 0 Å². The first-order chi connectivity index (χ1) is 54.3. The molecule has 0 atom stereocenters. The van der Waals surface area contributed by atoms with Gasteiger partial charge in [-0.3, -0.25) is 14.5 Å². The van der Waals surface area contributed by atoms with Gasteiger partial charge in [0.1, 0.15) is 0 Å². The van der Waals surface area contributed by atoms with Gasteiger partial charge < -0.3 is 38.2 Å². The first-order valence-corrected chi connectivity index (χ1v) is 59.0. The number of halogens is 3. The van der Waals surface area contributed by atoms with Gasteiger partial charge in [-0.25, -0.2) is 0 Å². The summed E-state index contributed by atoms with van der Waals surface area (Å²) in [6.07, 6.45) is 97.7. The minimum absolute atomic E-state index is 0. The number of unbranched alkanes of at least 4 members (excludes halogenated alkanes) is 45. The summed E-state index contributed by atoms with van der Waals surface area (Å²) in [5.41, 5.74) is 11.1. The number of alkyl halides is 1. The Morgan fingerprint density at radius 1 is 0.281 bits per heavy atom. The quantitative estimate of drug-likeness (QED) is 0.0359. The molecule has 13 heteroatoms. The third-order valence-electron chi connectivity index (χ3n) is 23.4. The number of carbonyl (C=O) groups is 2. The van der Waals surface area contributed by atoms with Crippen molar-refractivity contribution in [1.82, 2.24) is 14.7 Å². The Labute approximate surface area is 753 Å². The van der Waals surface area contributed by atoms with Crippen molar-refractivity contribution in [2.24, 2.45) is 35.1 Å². The van der Waals surface area contributed by atoms with Crippen LogP contribution in [0.3, 0.4) is 0 Å². The zero-order valence-electron chi connectivity index (χ0n) is 81.3. The summed E-state index contributed by atoms with van der Waals surface area (Å²) in [5, 5.41) is 1.03. The number of rotatable bonds is 84. The molecular weight excluding hydrogens is 1650 g/mol. The minimum atomic E-state index is -1.12. The second-order valence-electron chi connectivity index (χ2n) is 37.4. The minimum Gasteiger partial charge on any atom is -1.00 e. The standard InChI is InChI=1S/C47H97N3O2P.C27H59NP.C24H51P.C3H8BrN.2BrH/c1-12-15-18-21-24-27-32-53(33-28-25-22-19-16-13-2,34-29-26-23-20-17-14-3)35-30-31-48(40-46(51)49(36-42(4)5)37-43(6)7)41-47(52)50(38-44(8)9)39-45(10)11;1-4-7-10-13-16-19-24-29(27-22-23-28,25-20-17-14-11-8-5-2)26-21-18-15-12-9-6-3;1-4-7-10-13-16-19-22-25(23-20-17-14-11-8-5-2)24-21-18-15-12-9-6-3;4-2-1-3-5;;/h42-45H,12-41H2,1-11H3;4-28H2,1-3H3;4-24H2,1-3H3;1-3,5H2;2*1H/q2*+1;;;;/p-1.